The first kappa shape index (κ1) is 20.9. The maximum atomic E-state index is 13.5. The van der Waals surface area contributed by atoms with Gasteiger partial charge < -0.3 is 0 Å². The molecule has 0 spiro atoms. The summed E-state index contributed by atoms with van der Waals surface area (Å²) < 4.78 is 26.7. The summed E-state index contributed by atoms with van der Waals surface area (Å²) in [6.07, 6.45) is 5.73. The molecule has 1 heterocycles. The van der Waals surface area contributed by atoms with Crippen molar-refractivity contribution < 1.29 is 13.9 Å². The molecule has 0 atom stereocenters. The zero-order valence-electron chi connectivity index (χ0n) is 16.1. The van der Waals surface area contributed by atoms with Gasteiger partial charge in [0.2, 0.25) is 0 Å². The van der Waals surface area contributed by atoms with Crippen LogP contribution in [0.25, 0.3) is 10.9 Å². The van der Waals surface area contributed by atoms with Gasteiger partial charge in [-0.2, -0.15) is 0 Å². The molecule has 1 radical (unpaired) electrons. The Morgan fingerprint density at radius 1 is 1.11 bits per heavy atom. The van der Waals surface area contributed by atoms with Crippen molar-refractivity contribution in [3.05, 3.63) is 47.0 Å². The molecule has 147 valence electrons. The van der Waals surface area contributed by atoms with E-state index in [9.17, 15) is 4.39 Å². The van der Waals surface area contributed by atoms with Gasteiger partial charge in [-0.1, -0.05) is 0 Å². The summed E-state index contributed by atoms with van der Waals surface area (Å²) in [6.45, 7) is 2.18. The van der Waals surface area contributed by atoms with E-state index >= 15 is 0 Å². The predicted octanol–water partition coefficient (Wildman–Crippen LogP) is 3.83. The van der Waals surface area contributed by atoms with Gasteiger partial charge in [-0.3, -0.25) is 0 Å². The van der Waals surface area contributed by atoms with Crippen LogP contribution in [0, 0.1) is 5.82 Å². The average molecular weight is 464 g/mol. The van der Waals surface area contributed by atoms with Crippen LogP contribution >= 0.6 is 11.6 Å². The van der Waals surface area contributed by atoms with Crippen LogP contribution in [-0.4, -0.2) is 39.9 Å². The summed E-state index contributed by atoms with van der Waals surface area (Å²) in [5.41, 5.74) is 1.90. The molecule has 0 fully saturated rings. The molecule has 1 aromatic heterocycles. The van der Waals surface area contributed by atoms with Crippen LogP contribution in [0.4, 0.5) is 4.39 Å². The van der Waals surface area contributed by atoms with Gasteiger partial charge in [0.25, 0.3) is 0 Å². The number of hydrogen-bond acceptors (Lipinski definition) is 4. The van der Waals surface area contributed by atoms with Gasteiger partial charge in [-0.15, -0.1) is 0 Å². The van der Waals surface area contributed by atoms with Crippen LogP contribution < -0.4 is 18.3 Å². The molecule has 0 N–H and O–H groups in total. The van der Waals surface area contributed by atoms with Gasteiger partial charge in [-0.25, -0.2) is 0 Å². The minimum absolute atomic E-state index is 0.133. The molecule has 2 aromatic carbocycles. The van der Waals surface area contributed by atoms with Crippen molar-refractivity contribution >= 4 is 47.1 Å². The molecule has 0 bridgehead atoms. The molecule has 3 rings (SSSR count). The first-order valence-corrected chi connectivity index (χ1v) is 11.4. The molecule has 3 aromatic rings. The number of aromatic nitrogens is 2. The van der Waals surface area contributed by atoms with Crippen LogP contribution in [0.3, 0.4) is 0 Å². The molecule has 0 aliphatic heterocycles. The number of rotatable bonds is 8. The zero-order chi connectivity index (χ0) is 20.1. The molecular weight excluding hydrogens is 442 g/mol. The van der Waals surface area contributed by atoms with Crippen LogP contribution in [0.15, 0.2) is 30.6 Å². The van der Waals surface area contributed by atoms with Crippen LogP contribution in [0.5, 0.6) is 11.5 Å². The molecule has 0 saturated carbocycles. The number of benzene rings is 2. The van der Waals surface area contributed by atoms with Crippen LogP contribution in [-0.2, 0) is 6.42 Å². The summed E-state index contributed by atoms with van der Waals surface area (Å²) in [5, 5.41) is 1.14. The summed E-state index contributed by atoms with van der Waals surface area (Å²) in [6, 6.07) is 6.75. The first-order valence-electron chi connectivity index (χ1n) is 9.14. The Bertz CT molecular complexity index is 984. The molecule has 0 aliphatic carbocycles. The fourth-order valence-corrected chi connectivity index (χ4v) is 5.73. The number of aryl methyl sites for hydroxylation is 1. The van der Waals surface area contributed by atoms with Gasteiger partial charge in [0, 0.05) is 0 Å². The Morgan fingerprint density at radius 3 is 2.61 bits per heavy atom. The van der Waals surface area contributed by atoms with E-state index in [0.717, 1.165) is 56.7 Å². The van der Waals surface area contributed by atoms with Crippen molar-refractivity contribution in [2.75, 3.05) is 14.2 Å². The molecule has 7 heteroatoms. The third kappa shape index (κ3) is 4.42. The number of hydrogen-bond donors (Lipinski definition) is 0. The molecule has 0 unspecified atom stereocenters. The van der Waals surface area contributed by atoms with Gasteiger partial charge in [0.05, 0.1) is 0 Å². The van der Waals surface area contributed by atoms with Crippen LogP contribution in [0.1, 0.15) is 31.7 Å². The standard InChI is InChI=1S/C21H22AsClFN2O2/c1-4-5-6-7-14-19-17(11-18(27-2)20(14)28-3)25-12-26-21(19)22-13-8-9-16(24)15(23)10-13/h8-12H,4-7H2,1-3H3. The number of nitrogens with zero attached hydrogens (tertiary/aromatic N) is 2. The molecule has 0 saturated heterocycles. The maximum absolute atomic E-state index is 13.5. The van der Waals surface area contributed by atoms with Gasteiger partial charge in [-0.05, 0) is 0 Å². The fraction of sp³-hybridized carbons (Fsp3) is 0.333. The van der Waals surface area contributed by atoms with Crippen molar-refractivity contribution in [3.63, 3.8) is 0 Å². The zero-order valence-corrected chi connectivity index (χ0v) is 18.8. The number of methoxy groups -OCH3 is 2. The number of fused-ring (bicyclic) bond motifs is 1. The van der Waals surface area contributed by atoms with Crippen LogP contribution in [0.2, 0.25) is 5.02 Å². The summed E-state index contributed by atoms with van der Waals surface area (Å²) in [7, 11) is 3.29. The Labute approximate surface area is 176 Å². The summed E-state index contributed by atoms with van der Waals surface area (Å²) >= 11 is 5.48. The molecular formula is C21H22AsClFN2O2. The SMILES string of the molecule is CCCCCc1c(OC)c(OC)cc2ncnc([As]c3ccc(F)c(Cl)c3)c12. The summed E-state index contributed by atoms with van der Waals surface area (Å²) in [4.78, 5) is 9.04. The summed E-state index contributed by atoms with van der Waals surface area (Å²) in [5.74, 6) is 0.999. The molecule has 0 amide bonds. The number of unbranched alkanes of at least 4 members (excludes halogenated alkanes) is 2. The van der Waals surface area contributed by atoms with E-state index in [1.165, 1.54) is 6.07 Å². The van der Waals surface area contributed by atoms with Gasteiger partial charge >= 0.3 is 176 Å². The fourth-order valence-electron chi connectivity index (χ4n) is 3.17. The van der Waals surface area contributed by atoms with E-state index in [1.807, 2.05) is 6.07 Å². The molecule has 28 heavy (non-hydrogen) atoms. The monoisotopic (exact) mass is 463 g/mol. The normalized spacial score (nSPS) is 11.5. The third-order valence-electron chi connectivity index (χ3n) is 4.52. The Balaban J connectivity index is 2.15. The van der Waals surface area contributed by atoms with E-state index in [2.05, 4.69) is 16.9 Å². The third-order valence-corrected chi connectivity index (χ3v) is 7.09. The molecule has 4 nitrogen and oxygen atoms in total. The number of ether oxygens (including phenoxy) is 2. The number of halogens is 2. The van der Waals surface area contributed by atoms with Crippen molar-refractivity contribution in [2.45, 2.75) is 32.6 Å². The molecule has 0 aliphatic rings. The quantitative estimate of drug-likeness (QED) is 0.376. The van der Waals surface area contributed by atoms with Gasteiger partial charge in [0.15, 0.2) is 0 Å². The van der Waals surface area contributed by atoms with Crippen molar-refractivity contribution in [2.24, 2.45) is 0 Å². The van der Waals surface area contributed by atoms with Crippen molar-refractivity contribution in [3.8, 4) is 11.5 Å². The second-order valence-electron chi connectivity index (χ2n) is 6.35. The second-order valence-corrected chi connectivity index (χ2v) is 9.20. The van der Waals surface area contributed by atoms with Gasteiger partial charge in [0.1, 0.15) is 0 Å². The average Bonchev–Trinajstić information content (AvgIpc) is 2.70. The van der Waals surface area contributed by atoms with E-state index in [1.54, 1.807) is 32.7 Å². The first-order chi connectivity index (χ1) is 13.6. The van der Waals surface area contributed by atoms with E-state index < -0.39 is 21.6 Å². The Hall–Kier alpha value is -1.84. The van der Waals surface area contributed by atoms with E-state index in [0.29, 0.717) is 5.75 Å². The Morgan fingerprint density at radius 2 is 1.93 bits per heavy atom. The minimum atomic E-state index is -0.494. The van der Waals surface area contributed by atoms with Crippen molar-refractivity contribution in [1.82, 2.24) is 9.97 Å². The van der Waals surface area contributed by atoms with E-state index in [4.69, 9.17) is 21.1 Å². The Kier molecular flexibility index (Phi) is 7.14. The second kappa shape index (κ2) is 9.58. The van der Waals surface area contributed by atoms with E-state index in [-0.39, 0.29) is 5.02 Å². The predicted molar refractivity (Wildman–Crippen MR) is 112 cm³/mol. The topological polar surface area (TPSA) is 44.2 Å². The van der Waals surface area contributed by atoms with Crippen molar-refractivity contribution in [1.29, 1.82) is 0 Å².